The van der Waals surface area contributed by atoms with Crippen molar-refractivity contribution in [3.8, 4) is 0 Å². The van der Waals surface area contributed by atoms with Crippen molar-refractivity contribution < 1.29 is 0 Å². The van der Waals surface area contributed by atoms with Crippen molar-refractivity contribution in [2.75, 3.05) is 0 Å². The van der Waals surface area contributed by atoms with Gasteiger partial charge in [-0.2, -0.15) is 0 Å². The molecule has 68 valence electrons. The van der Waals surface area contributed by atoms with E-state index in [-0.39, 0.29) is 4.75 Å². The van der Waals surface area contributed by atoms with Crippen molar-refractivity contribution in [1.82, 2.24) is 9.55 Å². The molecule has 1 aromatic rings. The number of thiol groups is 1. The number of nitrogens with zero attached hydrogens (tertiary/aromatic N) is 2. The average Bonchev–Trinajstić information content (AvgIpc) is 2.33. The zero-order valence-electron chi connectivity index (χ0n) is 7.83. The summed E-state index contributed by atoms with van der Waals surface area (Å²) in [6.07, 6.45) is 1.84. The Labute approximate surface area is 82.6 Å². The van der Waals surface area contributed by atoms with Crippen LogP contribution in [-0.4, -0.2) is 9.55 Å². The first kappa shape index (κ1) is 9.99. The fourth-order valence-electron chi connectivity index (χ4n) is 1.13. The molecule has 0 saturated heterocycles. The molecular weight excluding hydrogens is 188 g/mol. The van der Waals surface area contributed by atoms with Crippen molar-refractivity contribution in [2.24, 2.45) is 7.05 Å². The maximum Gasteiger partial charge on any atom is 0.0949 e. The van der Waals surface area contributed by atoms with Crippen molar-refractivity contribution >= 4 is 22.5 Å². The van der Waals surface area contributed by atoms with Gasteiger partial charge in [0.25, 0.3) is 0 Å². The minimum atomic E-state index is -0.00550. The molecule has 1 aromatic heterocycles. The van der Waals surface area contributed by atoms with E-state index in [1.165, 1.54) is 16.5 Å². The van der Waals surface area contributed by atoms with Crippen LogP contribution < -0.4 is 0 Å². The van der Waals surface area contributed by atoms with Crippen LogP contribution in [0.2, 0.25) is 0 Å². The highest BCUT2D eigenvalue weighted by molar-refractivity contribution is 8.68. The highest BCUT2D eigenvalue weighted by Gasteiger charge is 2.24. The number of hydrogen-bond acceptors (Lipinski definition) is 3. The molecule has 0 saturated carbocycles. The second-order valence-corrected chi connectivity index (χ2v) is 5.14. The molecule has 4 heteroatoms. The van der Waals surface area contributed by atoms with Crippen LogP contribution in [0.5, 0.6) is 0 Å². The summed E-state index contributed by atoms with van der Waals surface area (Å²) in [4.78, 5) is 4.35. The average molecular weight is 202 g/mol. The van der Waals surface area contributed by atoms with Gasteiger partial charge < -0.3 is 4.57 Å². The van der Waals surface area contributed by atoms with Crippen molar-refractivity contribution in [2.45, 2.75) is 25.5 Å². The van der Waals surface area contributed by atoms with Crippen molar-refractivity contribution in [1.29, 1.82) is 0 Å². The second kappa shape index (κ2) is 3.34. The lowest BCUT2D eigenvalue weighted by atomic mass is 10.1. The summed E-state index contributed by atoms with van der Waals surface area (Å²) >= 11 is 4.24. The predicted molar refractivity (Wildman–Crippen MR) is 57.5 cm³/mol. The molecule has 1 rings (SSSR count). The molecule has 12 heavy (non-hydrogen) atoms. The molecule has 0 aliphatic rings. The molecule has 0 aliphatic heterocycles. The Morgan fingerprint density at radius 1 is 1.58 bits per heavy atom. The third-order valence-corrected chi connectivity index (χ3v) is 4.05. The van der Waals surface area contributed by atoms with E-state index in [1.54, 1.807) is 0 Å². The third-order valence-electron chi connectivity index (χ3n) is 2.03. The Bertz CT molecular complexity index is 279. The van der Waals surface area contributed by atoms with Gasteiger partial charge in [-0.1, -0.05) is 10.8 Å². The second-order valence-electron chi connectivity index (χ2n) is 3.39. The van der Waals surface area contributed by atoms with Gasteiger partial charge in [-0.3, -0.25) is 0 Å². The molecular formula is C8H14N2S2. The largest absolute Gasteiger partial charge is 0.338 e. The van der Waals surface area contributed by atoms with E-state index in [4.69, 9.17) is 0 Å². The van der Waals surface area contributed by atoms with E-state index >= 15 is 0 Å². The molecule has 0 fully saturated rings. The zero-order valence-corrected chi connectivity index (χ0v) is 9.54. The lowest BCUT2D eigenvalue weighted by molar-refractivity contribution is 0.745. The minimum Gasteiger partial charge on any atom is -0.338 e. The van der Waals surface area contributed by atoms with Crippen LogP contribution in [0.4, 0.5) is 0 Å². The summed E-state index contributed by atoms with van der Waals surface area (Å²) in [5, 5.41) is 0. The monoisotopic (exact) mass is 202 g/mol. The van der Waals surface area contributed by atoms with Crippen LogP contribution in [0.1, 0.15) is 25.2 Å². The van der Waals surface area contributed by atoms with E-state index in [0.717, 1.165) is 5.69 Å². The van der Waals surface area contributed by atoms with Gasteiger partial charge in [0.15, 0.2) is 0 Å². The van der Waals surface area contributed by atoms with E-state index in [1.807, 2.05) is 17.9 Å². The van der Waals surface area contributed by atoms with E-state index in [0.29, 0.717) is 0 Å². The third kappa shape index (κ3) is 1.64. The van der Waals surface area contributed by atoms with Gasteiger partial charge in [0.05, 0.1) is 16.8 Å². The number of imidazole rings is 1. The van der Waals surface area contributed by atoms with Crippen LogP contribution in [0.3, 0.4) is 0 Å². The minimum absolute atomic E-state index is 0.00550. The summed E-state index contributed by atoms with van der Waals surface area (Å²) < 4.78 is 2.02. The Balaban J connectivity index is 3.11. The maximum atomic E-state index is 4.35. The predicted octanol–water partition coefficient (Wildman–Crippen LogP) is 2.54. The molecule has 0 aliphatic carbocycles. The van der Waals surface area contributed by atoms with Gasteiger partial charge in [-0.05, 0) is 20.8 Å². The van der Waals surface area contributed by atoms with Crippen LogP contribution in [0.15, 0.2) is 6.33 Å². The number of aryl methyl sites for hydroxylation is 1. The molecule has 0 spiro atoms. The summed E-state index contributed by atoms with van der Waals surface area (Å²) in [6, 6.07) is 0. The summed E-state index contributed by atoms with van der Waals surface area (Å²) in [5.74, 6) is 0. The Morgan fingerprint density at radius 3 is 2.50 bits per heavy atom. The Kier molecular flexibility index (Phi) is 2.78. The van der Waals surface area contributed by atoms with Gasteiger partial charge in [0, 0.05) is 12.7 Å². The first-order chi connectivity index (χ1) is 5.49. The van der Waals surface area contributed by atoms with Gasteiger partial charge in [-0.25, -0.2) is 4.98 Å². The molecule has 0 N–H and O–H groups in total. The molecule has 2 nitrogen and oxygen atoms in total. The lowest BCUT2D eigenvalue weighted by Crippen LogP contribution is -2.12. The summed E-state index contributed by atoms with van der Waals surface area (Å²) in [6.45, 7) is 6.33. The summed E-state index contributed by atoms with van der Waals surface area (Å²) in [5.41, 5.74) is 2.33. The van der Waals surface area contributed by atoms with Crippen molar-refractivity contribution in [3.05, 3.63) is 17.7 Å². The fourth-order valence-corrected chi connectivity index (χ4v) is 1.67. The topological polar surface area (TPSA) is 17.8 Å². The van der Waals surface area contributed by atoms with Crippen LogP contribution in [0, 0.1) is 6.92 Å². The SMILES string of the molecule is Cc1c(C(C)(C)SS)ncn1C. The smallest absolute Gasteiger partial charge is 0.0949 e. The first-order valence-electron chi connectivity index (χ1n) is 3.80. The van der Waals surface area contributed by atoms with E-state index in [9.17, 15) is 0 Å². The quantitative estimate of drug-likeness (QED) is 0.586. The van der Waals surface area contributed by atoms with Crippen LogP contribution in [0.25, 0.3) is 0 Å². The standard InChI is InChI=1S/C8H14N2S2/c1-6-7(8(2,3)12-11)9-5-10(6)4/h5,11H,1-4H3. The molecule has 0 atom stereocenters. The van der Waals surface area contributed by atoms with Crippen LogP contribution in [-0.2, 0) is 11.8 Å². The highest BCUT2D eigenvalue weighted by Crippen LogP contribution is 2.38. The zero-order chi connectivity index (χ0) is 9.35. The van der Waals surface area contributed by atoms with Gasteiger partial charge in [-0.15, -0.1) is 11.7 Å². The summed E-state index contributed by atoms with van der Waals surface area (Å²) in [7, 11) is 3.53. The lowest BCUT2D eigenvalue weighted by Gasteiger charge is -2.19. The molecule has 1 heterocycles. The Hall–Kier alpha value is -0.0900. The van der Waals surface area contributed by atoms with Crippen molar-refractivity contribution in [3.63, 3.8) is 0 Å². The first-order valence-corrected chi connectivity index (χ1v) is 5.67. The molecule has 0 amide bonds. The van der Waals surface area contributed by atoms with Crippen LogP contribution >= 0.6 is 22.5 Å². The maximum absolute atomic E-state index is 4.35. The normalized spacial score (nSPS) is 12.1. The number of rotatable bonds is 2. The van der Waals surface area contributed by atoms with Gasteiger partial charge in [0.2, 0.25) is 0 Å². The Morgan fingerprint density at radius 2 is 2.17 bits per heavy atom. The van der Waals surface area contributed by atoms with E-state index < -0.39 is 0 Å². The number of aromatic nitrogens is 2. The highest BCUT2D eigenvalue weighted by atomic mass is 33.1. The van der Waals surface area contributed by atoms with Gasteiger partial charge in [0.1, 0.15) is 0 Å². The molecule has 0 unspecified atom stereocenters. The molecule has 0 bridgehead atoms. The number of hydrogen-bond donors (Lipinski definition) is 1. The van der Waals surface area contributed by atoms with E-state index in [2.05, 4.69) is 37.4 Å². The molecule has 0 aromatic carbocycles. The van der Waals surface area contributed by atoms with Gasteiger partial charge >= 0.3 is 0 Å². The molecule has 0 radical (unpaired) electrons. The fraction of sp³-hybridized carbons (Fsp3) is 0.625.